The topological polar surface area (TPSA) is 59.2 Å². The lowest BCUT2D eigenvalue weighted by molar-refractivity contribution is 0.0636. The van der Waals surface area contributed by atoms with E-state index < -0.39 is 17.9 Å². The van der Waals surface area contributed by atoms with Gasteiger partial charge in [0.1, 0.15) is 0 Å². The van der Waals surface area contributed by atoms with E-state index in [1.807, 2.05) is 82.3 Å². The maximum Gasteiger partial charge on any atom is 0.259 e. The van der Waals surface area contributed by atoms with Crippen molar-refractivity contribution in [3.63, 3.8) is 0 Å². The van der Waals surface area contributed by atoms with Crippen molar-refractivity contribution in [3.05, 3.63) is 89.5 Å². The van der Waals surface area contributed by atoms with E-state index in [4.69, 9.17) is 5.73 Å². The van der Waals surface area contributed by atoms with Crippen molar-refractivity contribution >= 4 is 5.91 Å². The van der Waals surface area contributed by atoms with E-state index in [9.17, 15) is 9.18 Å². The summed E-state index contributed by atoms with van der Waals surface area (Å²) in [5, 5.41) is 0. The van der Waals surface area contributed by atoms with Crippen LogP contribution in [0.1, 0.15) is 55.2 Å². The van der Waals surface area contributed by atoms with Crippen molar-refractivity contribution in [1.29, 1.82) is 0 Å². The van der Waals surface area contributed by atoms with Gasteiger partial charge in [-0.2, -0.15) is 4.39 Å². The Labute approximate surface area is 177 Å². The summed E-state index contributed by atoms with van der Waals surface area (Å²) in [6, 6.07) is 18.7. The molecule has 0 saturated carbocycles. The Morgan fingerprint density at radius 3 is 2.03 bits per heavy atom. The van der Waals surface area contributed by atoms with Gasteiger partial charge in [-0.05, 0) is 56.0 Å². The number of benzene rings is 2. The molecule has 5 heteroatoms. The molecule has 1 atom stereocenters. The monoisotopic (exact) mass is 405 g/mol. The molecule has 1 unspecified atom stereocenters. The van der Waals surface area contributed by atoms with Crippen LogP contribution in [0, 0.1) is 5.95 Å². The van der Waals surface area contributed by atoms with E-state index in [0.29, 0.717) is 5.56 Å². The highest BCUT2D eigenvalue weighted by Gasteiger charge is 2.29. The minimum Gasteiger partial charge on any atom is -0.334 e. The molecule has 30 heavy (non-hydrogen) atoms. The van der Waals surface area contributed by atoms with E-state index >= 15 is 0 Å². The summed E-state index contributed by atoms with van der Waals surface area (Å²) in [5.41, 5.74) is 9.85. The zero-order valence-electron chi connectivity index (χ0n) is 17.8. The molecule has 0 spiro atoms. The van der Waals surface area contributed by atoms with Crippen LogP contribution in [-0.4, -0.2) is 27.9 Å². The molecule has 2 aromatic carbocycles. The first-order valence-electron chi connectivity index (χ1n) is 10.2. The molecule has 3 rings (SSSR count). The van der Waals surface area contributed by atoms with Crippen LogP contribution < -0.4 is 5.73 Å². The zero-order chi connectivity index (χ0) is 21.8. The molecule has 1 heterocycles. The van der Waals surface area contributed by atoms with E-state index in [-0.39, 0.29) is 17.6 Å². The van der Waals surface area contributed by atoms with E-state index in [2.05, 4.69) is 4.98 Å². The molecule has 0 radical (unpaired) electrons. The second-order valence-electron chi connectivity index (χ2n) is 7.93. The lowest BCUT2D eigenvalue weighted by Crippen LogP contribution is -2.43. The van der Waals surface area contributed by atoms with Gasteiger partial charge in [-0.3, -0.25) is 4.79 Å². The van der Waals surface area contributed by atoms with Gasteiger partial charge in [0.2, 0.25) is 5.95 Å². The molecule has 1 aromatic heterocycles. The summed E-state index contributed by atoms with van der Waals surface area (Å²) in [4.78, 5) is 18.6. The number of carbonyl (C=O) groups excluding carboxylic acids is 1. The van der Waals surface area contributed by atoms with Crippen LogP contribution >= 0.6 is 0 Å². The number of aromatic nitrogens is 1. The van der Waals surface area contributed by atoms with Crippen LogP contribution in [0.25, 0.3) is 11.1 Å². The maximum atomic E-state index is 14.7. The van der Waals surface area contributed by atoms with Crippen LogP contribution in [0.2, 0.25) is 0 Å². The Morgan fingerprint density at radius 2 is 1.47 bits per heavy atom. The number of halogens is 1. The van der Waals surface area contributed by atoms with Crippen LogP contribution in [0.3, 0.4) is 0 Å². The molecule has 0 aliphatic heterocycles. The highest BCUT2D eigenvalue weighted by atomic mass is 19.1. The summed E-state index contributed by atoms with van der Waals surface area (Å²) in [6.45, 7) is 7.64. The fraction of sp³-hybridized carbons (Fsp3) is 0.280. The third-order valence-corrected chi connectivity index (χ3v) is 5.21. The quantitative estimate of drug-likeness (QED) is 0.574. The Kier molecular flexibility index (Phi) is 6.63. The highest BCUT2D eigenvalue weighted by Crippen LogP contribution is 2.28. The molecule has 0 saturated heterocycles. The lowest BCUT2D eigenvalue weighted by Gasteiger charge is -2.32. The summed E-state index contributed by atoms with van der Waals surface area (Å²) in [5.74, 6) is -1.18. The summed E-state index contributed by atoms with van der Waals surface area (Å²) < 4.78 is 14.7. The molecule has 0 aliphatic rings. The zero-order valence-corrected chi connectivity index (χ0v) is 17.8. The first kappa shape index (κ1) is 21.7. The van der Waals surface area contributed by atoms with Crippen molar-refractivity contribution in [1.82, 2.24) is 9.88 Å². The molecule has 2 N–H and O–H groups in total. The third-order valence-electron chi connectivity index (χ3n) is 5.21. The van der Waals surface area contributed by atoms with Gasteiger partial charge in [0, 0.05) is 18.3 Å². The Bertz CT molecular complexity index is 993. The van der Waals surface area contributed by atoms with Gasteiger partial charge in [0.15, 0.2) is 0 Å². The van der Waals surface area contributed by atoms with Crippen molar-refractivity contribution in [2.75, 3.05) is 0 Å². The molecular formula is C25H28FN3O. The molecule has 156 valence electrons. The lowest BCUT2D eigenvalue weighted by atomic mass is 9.93. The van der Waals surface area contributed by atoms with Crippen LogP contribution in [0.5, 0.6) is 0 Å². The van der Waals surface area contributed by atoms with Gasteiger partial charge < -0.3 is 10.6 Å². The number of nitrogens with zero attached hydrogens (tertiary/aromatic N) is 2. The number of amides is 1. The molecule has 0 fully saturated rings. The SMILES string of the molecule is CC(C)N(C(=O)c1c(C(N)c2ccc(-c3ccccc3)cc2)ccnc1F)C(C)C. The second kappa shape index (κ2) is 9.18. The highest BCUT2D eigenvalue weighted by molar-refractivity contribution is 5.96. The predicted octanol–water partition coefficient (Wildman–Crippen LogP) is 5.19. The number of pyridine rings is 1. The van der Waals surface area contributed by atoms with Crippen LogP contribution in [0.15, 0.2) is 66.9 Å². The first-order valence-corrected chi connectivity index (χ1v) is 10.2. The average Bonchev–Trinajstić information content (AvgIpc) is 2.73. The van der Waals surface area contributed by atoms with Gasteiger partial charge in [-0.1, -0.05) is 54.6 Å². The number of rotatable bonds is 6. The third kappa shape index (κ3) is 4.41. The fourth-order valence-electron chi connectivity index (χ4n) is 3.81. The summed E-state index contributed by atoms with van der Waals surface area (Å²) in [7, 11) is 0. The standard InChI is InChI=1S/C25H28FN3O/c1-16(2)29(17(3)4)25(30)22-21(14-15-28-24(22)26)23(27)20-12-10-19(11-13-20)18-8-6-5-7-9-18/h5-17,23H,27H2,1-4H3. The largest absolute Gasteiger partial charge is 0.334 e. The Balaban J connectivity index is 1.98. The van der Waals surface area contributed by atoms with Crippen molar-refractivity contribution in [2.24, 2.45) is 5.73 Å². The number of nitrogens with two attached hydrogens (primary N) is 1. The fourth-order valence-corrected chi connectivity index (χ4v) is 3.81. The van der Waals surface area contributed by atoms with Crippen molar-refractivity contribution in [3.8, 4) is 11.1 Å². The first-order chi connectivity index (χ1) is 14.3. The Hall–Kier alpha value is -3.05. The number of hydrogen-bond acceptors (Lipinski definition) is 3. The van der Waals surface area contributed by atoms with Crippen molar-refractivity contribution in [2.45, 2.75) is 45.8 Å². The molecule has 0 aliphatic carbocycles. The minimum absolute atomic E-state index is 0.0560. The van der Waals surface area contributed by atoms with Gasteiger partial charge in [0.25, 0.3) is 5.91 Å². The van der Waals surface area contributed by atoms with Crippen molar-refractivity contribution < 1.29 is 9.18 Å². The summed E-state index contributed by atoms with van der Waals surface area (Å²) >= 11 is 0. The predicted molar refractivity (Wildman–Crippen MR) is 119 cm³/mol. The van der Waals surface area contributed by atoms with Gasteiger partial charge in [0.05, 0.1) is 11.6 Å². The maximum absolute atomic E-state index is 14.7. The van der Waals surface area contributed by atoms with E-state index in [0.717, 1.165) is 16.7 Å². The molecular weight excluding hydrogens is 377 g/mol. The van der Waals surface area contributed by atoms with E-state index in [1.165, 1.54) is 6.20 Å². The van der Waals surface area contributed by atoms with Gasteiger partial charge in [-0.15, -0.1) is 0 Å². The molecule has 1 amide bonds. The molecule has 3 aromatic rings. The average molecular weight is 406 g/mol. The number of hydrogen-bond donors (Lipinski definition) is 1. The normalized spacial score (nSPS) is 12.3. The minimum atomic E-state index is -0.792. The Morgan fingerprint density at radius 1 is 0.900 bits per heavy atom. The number of carbonyl (C=O) groups is 1. The van der Waals surface area contributed by atoms with Crippen LogP contribution in [0.4, 0.5) is 4.39 Å². The smallest absolute Gasteiger partial charge is 0.259 e. The summed E-state index contributed by atoms with van der Waals surface area (Å²) in [6.07, 6.45) is 1.36. The molecule has 0 bridgehead atoms. The van der Waals surface area contributed by atoms with Gasteiger partial charge >= 0.3 is 0 Å². The van der Waals surface area contributed by atoms with Crippen LogP contribution in [-0.2, 0) is 0 Å². The molecule has 4 nitrogen and oxygen atoms in total. The second-order valence-corrected chi connectivity index (χ2v) is 7.93. The van der Waals surface area contributed by atoms with E-state index in [1.54, 1.807) is 11.0 Å². The van der Waals surface area contributed by atoms with Gasteiger partial charge in [-0.25, -0.2) is 4.98 Å².